The summed E-state index contributed by atoms with van der Waals surface area (Å²) in [6, 6.07) is 7.71. The first kappa shape index (κ1) is 20.2. The first-order valence-corrected chi connectivity index (χ1v) is 10.4. The van der Waals surface area contributed by atoms with Crippen molar-refractivity contribution >= 4 is 46.1 Å². The van der Waals surface area contributed by atoms with Crippen molar-refractivity contribution in [2.24, 2.45) is 0 Å². The summed E-state index contributed by atoms with van der Waals surface area (Å²) in [6.45, 7) is 4.30. The van der Waals surface area contributed by atoms with Gasteiger partial charge in [0.2, 0.25) is 0 Å². The molecule has 2 aromatic rings. The van der Waals surface area contributed by atoms with Crippen LogP contribution in [0.5, 0.6) is 0 Å². The fourth-order valence-corrected chi connectivity index (χ4v) is 4.76. The number of carboxylic acids is 1. The van der Waals surface area contributed by atoms with E-state index in [2.05, 4.69) is 29.3 Å². The summed E-state index contributed by atoms with van der Waals surface area (Å²) in [4.78, 5) is 14.6. The maximum absolute atomic E-state index is 11.2. The minimum absolute atomic E-state index is 0.487. The van der Waals surface area contributed by atoms with Crippen molar-refractivity contribution in [1.82, 2.24) is 4.90 Å². The molecule has 0 spiro atoms. The molecule has 3 nitrogen and oxygen atoms in total. The van der Waals surface area contributed by atoms with Crippen LogP contribution in [0.2, 0.25) is 10.0 Å². The number of carbonyl (C=O) groups is 1. The predicted octanol–water partition coefficient (Wildman–Crippen LogP) is 5.90. The molecule has 3 rings (SSSR count). The lowest BCUT2D eigenvalue weighted by atomic mass is 10.0. The van der Waals surface area contributed by atoms with E-state index < -0.39 is 5.97 Å². The van der Waals surface area contributed by atoms with Gasteiger partial charge in [0.1, 0.15) is 0 Å². The Morgan fingerprint density at radius 2 is 2.04 bits per heavy atom. The van der Waals surface area contributed by atoms with E-state index in [4.69, 9.17) is 23.2 Å². The smallest absolute Gasteiger partial charge is 0.332 e. The van der Waals surface area contributed by atoms with Gasteiger partial charge in [0, 0.05) is 40.1 Å². The quantitative estimate of drug-likeness (QED) is 0.630. The predicted molar refractivity (Wildman–Crippen MR) is 114 cm³/mol. The van der Waals surface area contributed by atoms with Gasteiger partial charge in [-0.3, -0.25) is 4.90 Å². The molecular formula is C21H21Cl2NO2S. The van der Waals surface area contributed by atoms with E-state index in [9.17, 15) is 9.90 Å². The zero-order chi connectivity index (χ0) is 19.4. The Balaban J connectivity index is 1.80. The summed E-state index contributed by atoms with van der Waals surface area (Å²) >= 11 is 14.1. The summed E-state index contributed by atoms with van der Waals surface area (Å²) in [7, 11) is 0. The Hall–Kier alpha value is -1.59. The number of rotatable bonds is 6. The van der Waals surface area contributed by atoms with Crippen molar-refractivity contribution in [1.29, 1.82) is 0 Å². The van der Waals surface area contributed by atoms with Gasteiger partial charge in [-0.05, 0) is 66.1 Å². The largest absolute Gasteiger partial charge is 0.478 e. The number of hydrogen-bond acceptors (Lipinski definition) is 3. The van der Waals surface area contributed by atoms with E-state index in [0.29, 0.717) is 22.2 Å². The monoisotopic (exact) mass is 421 g/mol. The van der Waals surface area contributed by atoms with Crippen LogP contribution in [-0.2, 0) is 4.79 Å². The van der Waals surface area contributed by atoms with Crippen molar-refractivity contribution in [2.45, 2.75) is 19.8 Å². The summed E-state index contributed by atoms with van der Waals surface area (Å²) in [6.07, 6.45) is 5.64. The van der Waals surface area contributed by atoms with Crippen molar-refractivity contribution in [2.75, 3.05) is 19.6 Å². The highest BCUT2D eigenvalue weighted by Crippen LogP contribution is 2.33. The average Bonchev–Trinajstić information content (AvgIpc) is 3.04. The summed E-state index contributed by atoms with van der Waals surface area (Å²) < 4.78 is 0. The third-order valence-corrected chi connectivity index (χ3v) is 6.06. The van der Waals surface area contributed by atoms with Gasteiger partial charge in [-0.1, -0.05) is 35.4 Å². The van der Waals surface area contributed by atoms with Gasteiger partial charge in [-0.2, -0.15) is 0 Å². The number of aryl methyl sites for hydroxylation is 1. The number of aliphatic carboxylic acids is 1. The van der Waals surface area contributed by atoms with Crippen LogP contribution in [0.1, 0.15) is 28.8 Å². The normalized spacial score (nSPS) is 15.7. The number of benzene rings is 1. The topological polar surface area (TPSA) is 40.5 Å². The van der Waals surface area contributed by atoms with Gasteiger partial charge in [0.25, 0.3) is 0 Å². The fourth-order valence-electron chi connectivity index (χ4n) is 3.24. The van der Waals surface area contributed by atoms with Crippen molar-refractivity contribution in [3.8, 4) is 0 Å². The average molecular weight is 422 g/mol. The van der Waals surface area contributed by atoms with Crippen LogP contribution in [0.25, 0.3) is 5.57 Å². The molecule has 0 amide bonds. The fraction of sp³-hybridized carbons (Fsp3) is 0.286. The van der Waals surface area contributed by atoms with E-state index in [0.717, 1.165) is 37.1 Å². The van der Waals surface area contributed by atoms with E-state index in [-0.39, 0.29) is 0 Å². The Morgan fingerprint density at radius 3 is 2.67 bits per heavy atom. The summed E-state index contributed by atoms with van der Waals surface area (Å²) in [5, 5.41) is 12.5. The maximum Gasteiger partial charge on any atom is 0.332 e. The molecule has 142 valence electrons. The number of thiophene rings is 1. The van der Waals surface area contributed by atoms with E-state index in [1.165, 1.54) is 10.4 Å². The Kier molecular flexibility index (Phi) is 6.77. The molecule has 1 aliphatic heterocycles. The van der Waals surface area contributed by atoms with Gasteiger partial charge >= 0.3 is 5.97 Å². The zero-order valence-electron chi connectivity index (χ0n) is 15.0. The third-order valence-electron chi connectivity index (χ3n) is 4.58. The number of hydrogen-bond donors (Lipinski definition) is 1. The van der Waals surface area contributed by atoms with E-state index >= 15 is 0 Å². The van der Waals surface area contributed by atoms with Crippen molar-refractivity contribution in [3.05, 3.63) is 73.4 Å². The van der Waals surface area contributed by atoms with Crippen LogP contribution >= 0.6 is 34.5 Å². The number of halogens is 2. The van der Waals surface area contributed by atoms with Crippen molar-refractivity contribution in [3.63, 3.8) is 0 Å². The molecule has 2 heterocycles. The van der Waals surface area contributed by atoms with Crippen LogP contribution in [0, 0.1) is 6.92 Å². The number of carboxylic acid groups (broad SMARTS) is 1. The van der Waals surface area contributed by atoms with Gasteiger partial charge in [-0.15, -0.1) is 11.3 Å². The molecule has 0 saturated heterocycles. The van der Waals surface area contributed by atoms with Crippen LogP contribution in [0.4, 0.5) is 0 Å². The molecule has 1 aromatic carbocycles. The van der Waals surface area contributed by atoms with E-state index in [1.54, 1.807) is 17.4 Å². The molecule has 0 fully saturated rings. The zero-order valence-corrected chi connectivity index (χ0v) is 17.4. The standard InChI is InChI=1S/C21H21Cl2NO2S/c1-14-6-9-27-20(14)19(16-10-17(22)12-18(23)11-16)5-3-8-24-7-2-4-15(13-24)21(25)26/h4-6,9-12H,2-3,7-8,13H2,1H3,(H,25,26). The molecule has 6 heteroatoms. The number of nitrogens with zero attached hydrogens (tertiary/aromatic N) is 1. The minimum Gasteiger partial charge on any atom is -0.478 e. The lowest BCUT2D eigenvalue weighted by Crippen LogP contribution is -2.32. The lowest BCUT2D eigenvalue weighted by molar-refractivity contribution is -0.133. The van der Waals surface area contributed by atoms with Crippen LogP contribution < -0.4 is 0 Å². The molecule has 27 heavy (non-hydrogen) atoms. The van der Waals surface area contributed by atoms with Crippen LogP contribution in [0.15, 0.2) is 47.4 Å². The first-order chi connectivity index (χ1) is 12.9. The third kappa shape index (κ3) is 5.23. The van der Waals surface area contributed by atoms with Crippen molar-refractivity contribution < 1.29 is 9.90 Å². The second kappa shape index (κ2) is 9.07. The molecule has 0 atom stereocenters. The molecular weight excluding hydrogens is 401 g/mol. The summed E-state index contributed by atoms with van der Waals surface area (Å²) in [5.41, 5.74) is 3.83. The minimum atomic E-state index is -0.821. The SMILES string of the molecule is Cc1ccsc1C(=CCCN1CCC=C(C(=O)O)C1)c1cc(Cl)cc(Cl)c1. The lowest BCUT2D eigenvalue weighted by Gasteiger charge is -2.25. The highest BCUT2D eigenvalue weighted by molar-refractivity contribution is 7.11. The Bertz CT molecular complexity index is 881. The molecule has 0 bridgehead atoms. The van der Waals surface area contributed by atoms with Crippen LogP contribution in [-0.4, -0.2) is 35.6 Å². The molecule has 0 saturated carbocycles. The molecule has 1 aliphatic rings. The molecule has 0 aliphatic carbocycles. The Labute approximate surface area is 173 Å². The second-order valence-electron chi connectivity index (χ2n) is 6.60. The highest BCUT2D eigenvalue weighted by atomic mass is 35.5. The first-order valence-electron chi connectivity index (χ1n) is 8.80. The Morgan fingerprint density at radius 1 is 1.30 bits per heavy atom. The van der Waals surface area contributed by atoms with E-state index in [1.807, 2.05) is 18.2 Å². The van der Waals surface area contributed by atoms with Gasteiger partial charge in [0.05, 0.1) is 0 Å². The molecule has 1 aromatic heterocycles. The summed E-state index contributed by atoms with van der Waals surface area (Å²) in [5.74, 6) is -0.821. The second-order valence-corrected chi connectivity index (χ2v) is 8.39. The van der Waals surface area contributed by atoms with Gasteiger partial charge < -0.3 is 5.11 Å². The van der Waals surface area contributed by atoms with Gasteiger partial charge in [-0.25, -0.2) is 4.79 Å². The highest BCUT2D eigenvalue weighted by Gasteiger charge is 2.17. The molecule has 1 N–H and O–H groups in total. The molecule has 0 radical (unpaired) electrons. The molecule has 0 unspecified atom stereocenters. The maximum atomic E-state index is 11.2. The van der Waals surface area contributed by atoms with Gasteiger partial charge in [0.15, 0.2) is 0 Å². The van der Waals surface area contributed by atoms with Crippen LogP contribution in [0.3, 0.4) is 0 Å².